The summed E-state index contributed by atoms with van der Waals surface area (Å²) in [5, 5.41) is 2.27. The number of hydrazine groups is 1. The third kappa shape index (κ3) is 3.45. The van der Waals surface area contributed by atoms with E-state index in [0.29, 0.717) is 0 Å². The van der Waals surface area contributed by atoms with Crippen molar-refractivity contribution in [3.63, 3.8) is 0 Å². The van der Waals surface area contributed by atoms with Crippen LogP contribution in [-0.4, -0.2) is 58.5 Å². The Morgan fingerprint density at radius 2 is 2.20 bits per heavy atom. The van der Waals surface area contributed by atoms with E-state index in [1.54, 1.807) is 0 Å². The van der Waals surface area contributed by atoms with E-state index in [1.807, 2.05) is 25.4 Å². The van der Waals surface area contributed by atoms with Crippen molar-refractivity contribution in [3.8, 4) is 0 Å². The molecular weight excluding hydrogens is 334 g/mol. The van der Waals surface area contributed by atoms with Crippen LogP contribution in [0.3, 0.4) is 0 Å². The Bertz CT molecular complexity index is 727. The molecule has 0 spiro atoms. The number of piperazine rings is 1. The summed E-state index contributed by atoms with van der Waals surface area (Å²) in [7, 11) is 2.03. The number of halogens is 1. The molecule has 1 N–H and O–H groups in total. The Labute approximate surface area is 154 Å². The number of pyridine rings is 1. The Morgan fingerprint density at radius 3 is 2.96 bits per heavy atom. The van der Waals surface area contributed by atoms with Crippen molar-refractivity contribution in [3.05, 3.63) is 65.3 Å². The molecule has 0 aliphatic carbocycles. The minimum absolute atomic E-state index is 0.0264. The summed E-state index contributed by atoms with van der Waals surface area (Å²) in [5.74, 6) is 0. The minimum Gasteiger partial charge on any atom is -0.361 e. The maximum absolute atomic E-state index is 6.34. The van der Waals surface area contributed by atoms with Crippen LogP contribution in [0.25, 0.3) is 0 Å². The topological polar surface area (TPSA) is 34.6 Å². The highest BCUT2D eigenvalue weighted by Gasteiger charge is 2.30. The number of rotatable bonds is 3. The molecule has 0 aromatic carbocycles. The van der Waals surface area contributed by atoms with Gasteiger partial charge in [-0.3, -0.25) is 9.88 Å². The molecule has 3 aliphatic heterocycles. The number of fused-ring (bicyclic) bond motifs is 1. The van der Waals surface area contributed by atoms with E-state index in [9.17, 15) is 0 Å². The van der Waals surface area contributed by atoms with Gasteiger partial charge in [-0.25, -0.2) is 5.43 Å². The SMILES string of the molecule is CC1=CC(CN2CCN3NC(c4ccccn4)C=C3C2)=CN(C)C1Cl. The van der Waals surface area contributed by atoms with Crippen molar-refractivity contribution in [2.24, 2.45) is 0 Å². The van der Waals surface area contributed by atoms with Crippen LogP contribution < -0.4 is 5.43 Å². The predicted molar refractivity (Wildman–Crippen MR) is 101 cm³/mol. The smallest absolute Gasteiger partial charge is 0.125 e. The number of aromatic nitrogens is 1. The first kappa shape index (κ1) is 16.6. The highest BCUT2D eigenvalue weighted by atomic mass is 35.5. The van der Waals surface area contributed by atoms with Crippen molar-refractivity contribution in [1.82, 2.24) is 25.2 Å². The number of nitrogens with zero attached hydrogens (tertiary/aromatic N) is 4. The summed E-state index contributed by atoms with van der Waals surface area (Å²) in [6.45, 7) is 6.02. The lowest BCUT2D eigenvalue weighted by Gasteiger charge is -2.36. The van der Waals surface area contributed by atoms with E-state index in [-0.39, 0.29) is 11.5 Å². The molecule has 1 aromatic heterocycles. The highest BCUT2D eigenvalue weighted by molar-refractivity contribution is 6.22. The molecule has 0 amide bonds. The second-order valence-electron chi connectivity index (χ2n) is 6.98. The largest absolute Gasteiger partial charge is 0.361 e. The highest BCUT2D eigenvalue weighted by Crippen LogP contribution is 2.27. The molecule has 5 nitrogen and oxygen atoms in total. The van der Waals surface area contributed by atoms with E-state index in [4.69, 9.17) is 11.6 Å². The van der Waals surface area contributed by atoms with Gasteiger partial charge in [0.2, 0.25) is 0 Å². The number of nitrogens with one attached hydrogen (secondary N) is 1. The third-order valence-corrected chi connectivity index (χ3v) is 5.61. The van der Waals surface area contributed by atoms with Gasteiger partial charge in [0.1, 0.15) is 5.50 Å². The fourth-order valence-electron chi connectivity index (χ4n) is 3.70. The van der Waals surface area contributed by atoms with Crippen LogP contribution in [0.2, 0.25) is 0 Å². The Kier molecular flexibility index (Phi) is 4.54. The van der Waals surface area contributed by atoms with Crippen molar-refractivity contribution < 1.29 is 0 Å². The maximum Gasteiger partial charge on any atom is 0.125 e. The summed E-state index contributed by atoms with van der Waals surface area (Å²) in [5.41, 5.74) is 8.45. The third-order valence-electron chi connectivity index (χ3n) is 4.95. The standard InChI is InChI=1S/C19H24ClN5/c1-14-9-15(11-23(2)19(14)20)12-24-7-8-25-16(13-24)10-18(22-25)17-5-3-4-6-21-17/h3-6,9-11,18-19,22H,7-8,12-13H2,1-2H3. The second kappa shape index (κ2) is 6.83. The summed E-state index contributed by atoms with van der Waals surface area (Å²) >= 11 is 6.34. The van der Waals surface area contributed by atoms with Crippen LogP contribution in [0.1, 0.15) is 18.7 Å². The van der Waals surface area contributed by atoms with E-state index >= 15 is 0 Å². The van der Waals surface area contributed by atoms with E-state index < -0.39 is 0 Å². The average molecular weight is 358 g/mol. The number of alkyl halides is 1. The lowest BCUT2D eigenvalue weighted by atomic mass is 10.1. The summed E-state index contributed by atoms with van der Waals surface area (Å²) in [6, 6.07) is 6.24. The lowest BCUT2D eigenvalue weighted by Crippen LogP contribution is -2.48. The minimum atomic E-state index is -0.0264. The first-order valence-corrected chi connectivity index (χ1v) is 9.16. The zero-order valence-corrected chi connectivity index (χ0v) is 15.4. The van der Waals surface area contributed by atoms with Crippen LogP contribution in [-0.2, 0) is 0 Å². The summed E-state index contributed by atoms with van der Waals surface area (Å²) in [6.07, 6.45) is 8.53. The number of hydrogen-bond acceptors (Lipinski definition) is 5. The molecular formula is C19H24ClN5. The van der Waals surface area contributed by atoms with Gasteiger partial charge in [-0.15, -0.1) is 0 Å². The van der Waals surface area contributed by atoms with Crippen molar-refractivity contribution in [2.75, 3.05) is 33.2 Å². The molecule has 3 aliphatic rings. The number of hydrogen-bond donors (Lipinski definition) is 1. The molecule has 4 rings (SSSR count). The van der Waals surface area contributed by atoms with Gasteiger partial charge in [-0.1, -0.05) is 23.7 Å². The van der Waals surface area contributed by atoms with Crippen molar-refractivity contribution in [2.45, 2.75) is 18.5 Å². The fraction of sp³-hybridized carbons (Fsp3) is 0.421. The van der Waals surface area contributed by atoms with Crippen LogP contribution in [0.15, 0.2) is 59.6 Å². The zero-order valence-electron chi connectivity index (χ0n) is 14.7. The van der Waals surface area contributed by atoms with Crippen molar-refractivity contribution >= 4 is 11.6 Å². The van der Waals surface area contributed by atoms with Crippen LogP contribution in [0.4, 0.5) is 0 Å². The van der Waals surface area contributed by atoms with E-state index in [0.717, 1.165) is 31.9 Å². The molecule has 4 heterocycles. The van der Waals surface area contributed by atoms with E-state index in [2.05, 4.69) is 56.6 Å². The molecule has 0 bridgehead atoms. The fourth-order valence-corrected chi connectivity index (χ4v) is 3.82. The van der Waals surface area contributed by atoms with Gasteiger partial charge >= 0.3 is 0 Å². The normalized spacial score (nSPS) is 26.9. The van der Waals surface area contributed by atoms with Crippen LogP contribution in [0, 0.1) is 0 Å². The molecule has 132 valence electrons. The maximum atomic E-state index is 6.34. The molecule has 25 heavy (non-hydrogen) atoms. The lowest BCUT2D eigenvalue weighted by molar-refractivity contribution is 0.151. The van der Waals surface area contributed by atoms with Gasteiger partial charge in [0.15, 0.2) is 0 Å². The molecule has 1 saturated heterocycles. The van der Waals surface area contributed by atoms with Gasteiger partial charge in [0.05, 0.1) is 11.7 Å². The Morgan fingerprint density at radius 1 is 1.32 bits per heavy atom. The molecule has 2 atom stereocenters. The van der Waals surface area contributed by atoms with Crippen LogP contribution in [0.5, 0.6) is 0 Å². The van der Waals surface area contributed by atoms with Crippen molar-refractivity contribution in [1.29, 1.82) is 0 Å². The van der Waals surface area contributed by atoms with Gasteiger partial charge in [-0.05, 0) is 36.3 Å². The predicted octanol–water partition coefficient (Wildman–Crippen LogP) is 2.48. The molecule has 1 aromatic rings. The quantitative estimate of drug-likeness (QED) is 0.664. The molecule has 0 saturated carbocycles. The van der Waals surface area contributed by atoms with Gasteiger partial charge in [0, 0.05) is 51.3 Å². The monoisotopic (exact) mass is 357 g/mol. The Hall–Kier alpha value is -1.82. The second-order valence-corrected chi connectivity index (χ2v) is 7.39. The molecule has 1 fully saturated rings. The van der Waals surface area contributed by atoms with Gasteiger partial charge < -0.3 is 9.91 Å². The van der Waals surface area contributed by atoms with E-state index in [1.165, 1.54) is 16.8 Å². The first-order chi connectivity index (χ1) is 12.1. The molecule has 6 heteroatoms. The summed E-state index contributed by atoms with van der Waals surface area (Å²) in [4.78, 5) is 9.04. The average Bonchev–Trinajstić information content (AvgIpc) is 3.04. The molecule has 2 unspecified atom stereocenters. The first-order valence-electron chi connectivity index (χ1n) is 8.73. The van der Waals surface area contributed by atoms with Crippen LogP contribution >= 0.6 is 11.6 Å². The zero-order chi connectivity index (χ0) is 17.4. The molecule has 0 radical (unpaired) electrons. The van der Waals surface area contributed by atoms with Gasteiger partial charge in [0.25, 0.3) is 0 Å². The number of likely N-dealkylation sites (N-methyl/N-ethyl adjacent to an activating group) is 1. The Balaban J connectivity index is 1.43. The van der Waals surface area contributed by atoms with Gasteiger partial charge in [-0.2, -0.15) is 0 Å². The summed E-state index contributed by atoms with van der Waals surface area (Å²) < 4.78 is 0.